The monoisotopic (exact) mass is 446 g/mol. The summed E-state index contributed by atoms with van der Waals surface area (Å²) in [6.07, 6.45) is -0.776. The van der Waals surface area contributed by atoms with Crippen LogP contribution < -0.4 is 10.6 Å². The highest BCUT2D eigenvalue weighted by Gasteiger charge is 2.34. The van der Waals surface area contributed by atoms with E-state index in [1.54, 1.807) is 20.8 Å². The normalized spacial score (nSPS) is 11.5. The van der Waals surface area contributed by atoms with Crippen LogP contribution in [0, 0.1) is 0 Å². The van der Waals surface area contributed by atoms with Crippen LogP contribution >= 0.6 is 0 Å². The largest absolute Gasteiger partial charge is 0.444 e. The summed E-state index contributed by atoms with van der Waals surface area (Å²) in [5.74, 6) is -1.32. The molecule has 0 aliphatic rings. The molecule has 0 fully saturated rings. The van der Waals surface area contributed by atoms with Gasteiger partial charge in [-0.2, -0.15) is 0 Å². The van der Waals surface area contributed by atoms with Crippen molar-refractivity contribution in [2.45, 2.75) is 52.7 Å². The van der Waals surface area contributed by atoms with Crippen molar-refractivity contribution in [2.75, 3.05) is 46.2 Å². The van der Waals surface area contributed by atoms with Crippen LogP contribution in [0.2, 0.25) is 0 Å². The minimum atomic E-state index is -1.31. The molecular weight excluding hydrogens is 412 g/mol. The van der Waals surface area contributed by atoms with E-state index in [9.17, 15) is 24.0 Å². The van der Waals surface area contributed by atoms with Crippen molar-refractivity contribution in [3.05, 3.63) is 0 Å². The molecule has 31 heavy (non-hydrogen) atoms. The predicted octanol–water partition coefficient (Wildman–Crippen LogP) is 0.183. The Bertz CT molecular complexity index is 591. The standard InChI is InChI=1S/C20H34N2O9/c1-14(23)8-28-11-20(12-29-9-15(2)24,13-30-10-16(3)25)22-17(26)7-21-18(27)31-19(4,5)6/h7-13H2,1-6H3,(H,21,27)(H,22,26). The first kappa shape index (κ1) is 28.6. The highest BCUT2D eigenvalue weighted by molar-refractivity contribution is 5.83. The van der Waals surface area contributed by atoms with Gasteiger partial charge in [-0.3, -0.25) is 19.2 Å². The molecule has 11 nitrogen and oxygen atoms in total. The number of hydrogen-bond donors (Lipinski definition) is 2. The Hall–Kier alpha value is -2.37. The maximum atomic E-state index is 12.5. The van der Waals surface area contributed by atoms with E-state index in [1.165, 1.54) is 20.8 Å². The fraction of sp³-hybridized carbons (Fsp3) is 0.750. The lowest BCUT2D eigenvalue weighted by Gasteiger charge is -2.34. The molecule has 0 radical (unpaired) electrons. The lowest BCUT2D eigenvalue weighted by molar-refractivity contribution is -0.131. The van der Waals surface area contributed by atoms with E-state index in [0.717, 1.165) is 0 Å². The molecule has 2 amide bonds. The summed E-state index contributed by atoms with van der Waals surface area (Å²) < 4.78 is 21.2. The molecule has 11 heteroatoms. The second kappa shape index (κ2) is 13.8. The number of nitrogens with one attached hydrogen (secondary N) is 2. The highest BCUT2D eigenvalue weighted by atomic mass is 16.6. The zero-order chi connectivity index (χ0) is 24.1. The molecular formula is C20H34N2O9. The van der Waals surface area contributed by atoms with Crippen molar-refractivity contribution in [1.29, 1.82) is 0 Å². The third-order valence-corrected chi connectivity index (χ3v) is 3.25. The minimum Gasteiger partial charge on any atom is -0.444 e. The summed E-state index contributed by atoms with van der Waals surface area (Å²) in [4.78, 5) is 57.9. The Morgan fingerprint density at radius 3 is 1.42 bits per heavy atom. The first-order chi connectivity index (χ1) is 14.2. The zero-order valence-corrected chi connectivity index (χ0v) is 19.1. The number of amides is 2. The van der Waals surface area contributed by atoms with Gasteiger partial charge in [0.2, 0.25) is 5.91 Å². The quantitative estimate of drug-likeness (QED) is 0.360. The smallest absolute Gasteiger partial charge is 0.408 e. The molecule has 0 aromatic rings. The molecule has 0 heterocycles. The Morgan fingerprint density at radius 2 is 1.10 bits per heavy atom. The summed E-state index contributed by atoms with van der Waals surface area (Å²) in [6, 6.07) is 0. The molecule has 0 spiro atoms. The van der Waals surface area contributed by atoms with Gasteiger partial charge in [-0.25, -0.2) is 4.79 Å². The SMILES string of the molecule is CC(=O)COCC(COCC(C)=O)(COCC(C)=O)NC(=O)CNC(=O)OC(C)(C)C. The molecule has 0 rings (SSSR count). The van der Waals surface area contributed by atoms with E-state index in [1.807, 2.05) is 0 Å². The Kier molecular flexibility index (Phi) is 12.8. The van der Waals surface area contributed by atoms with Crippen molar-refractivity contribution >= 4 is 29.4 Å². The Labute approximate surface area is 182 Å². The van der Waals surface area contributed by atoms with Gasteiger partial charge in [-0.05, 0) is 41.5 Å². The molecule has 0 bridgehead atoms. The molecule has 0 aromatic heterocycles. The molecule has 0 atom stereocenters. The van der Waals surface area contributed by atoms with Crippen LogP contribution in [0.25, 0.3) is 0 Å². The fourth-order valence-corrected chi connectivity index (χ4v) is 2.21. The summed E-state index contributed by atoms with van der Waals surface area (Å²) in [5.41, 5.74) is -2.04. The Balaban J connectivity index is 5.25. The highest BCUT2D eigenvalue weighted by Crippen LogP contribution is 2.10. The van der Waals surface area contributed by atoms with E-state index in [0.29, 0.717) is 0 Å². The molecule has 0 aliphatic carbocycles. The van der Waals surface area contributed by atoms with Crippen LogP contribution in [-0.2, 0) is 38.1 Å². The number of ketones is 3. The van der Waals surface area contributed by atoms with Crippen molar-refractivity contribution < 1.29 is 42.9 Å². The number of ether oxygens (including phenoxy) is 4. The number of carbonyl (C=O) groups excluding carboxylic acids is 5. The fourth-order valence-electron chi connectivity index (χ4n) is 2.21. The average molecular weight is 446 g/mol. The number of hydrogen-bond acceptors (Lipinski definition) is 9. The van der Waals surface area contributed by atoms with Crippen LogP contribution in [0.5, 0.6) is 0 Å². The lowest BCUT2D eigenvalue weighted by atomic mass is 10.0. The molecule has 0 aromatic carbocycles. The maximum Gasteiger partial charge on any atom is 0.408 e. The van der Waals surface area contributed by atoms with Crippen LogP contribution in [0.4, 0.5) is 4.79 Å². The average Bonchev–Trinajstić information content (AvgIpc) is 2.57. The summed E-state index contributed by atoms with van der Waals surface area (Å²) in [5, 5.41) is 4.98. The van der Waals surface area contributed by atoms with Gasteiger partial charge < -0.3 is 29.6 Å². The second-order valence-electron chi connectivity index (χ2n) is 8.27. The third-order valence-electron chi connectivity index (χ3n) is 3.25. The first-order valence-corrected chi connectivity index (χ1v) is 9.74. The van der Waals surface area contributed by atoms with Gasteiger partial charge in [-0.15, -0.1) is 0 Å². The van der Waals surface area contributed by atoms with E-state index < -0.39 is 29.7 Å². The Morgan fingerprint density at radius 1 is 0.710 bits per heavy atom. The maximum absolute atomic E-state index is 12.5. The van der Waals surface area contributed by atoms with E-state index in [-0.39, 0.29) is 57.0 Å². The van der Waals surface area contributed by atoms with Crippen molar-refractivity contribution in [1.82, 2.24) is 10.6 Å². The molecule has 178 valence electrons. The van der Waals surface area contributed by atoms with Gasteiger partial charge in [0.25, 0.3) is 0 Å². The van der Waals surface area contributed by atoms with Crippen molar-refractivity contribution in [2.24, 2.45) is 0 Å². The van der Waals surface area contributed by atoms with E-state index in [2.05, 4.69) is 10.6 Å². The van der Waals surface area contributed by atoms with Gasteiger partial charge in [0, 0.05) is 0 Å². The number of carbonyl (C=O) groups is 5. The van der Waals surface area contributed by atoms with Gasteiger partial charge in [-0.1, -0.05) is 0 Å². The summed E-state index contributed by atoms with van der Waals surface area (Å²) >= 11 is 0. The number of Topliss-reactive ketones (excluding diaryl/α,β-unsaturated/α-hetero) is 3. The van der Waals surface area contributed by atoms with E-state index in [4.69, 9.17) is 18.9 Å². The van der Waals surface area contributed by atoms with Crippen LogP contribution in [0.1, 0.15) is 41.5 Å². The first-order valence-electron chi connectivity index (χ1n) is 9.74. The zero-order valence-electron chi connectivity index (χ0n) is 19.1. The molecule has 0 aliphatic heterocycles. The molecule has 0 saturated carbocycles. The van der Waals surface area contributed by atoms with Crippen molar-refractivity contribution in [3.63, 3.8) is 0 Å². The van der Waals surface area contributed by atoms with E-state index >= 15 is 0 Å². The molecule has 0 saturated heterocycles. The summed E-state index contributed by atoms with van der Waals surface area (Å²) in [7, 11) is 0. The predicted molar refractivity (Wildman–Crippen MR) is 110 cm³/mol. The van der Waals surface area contributed by atoms with Gasteiger partial charge >= 0.3 is 6.09 Å². The second-order valence-corrected chi connectivity index (χ2v) is 8.27. The van der Waals surface area contributed by atoms with Gasteiger partial charge in [0.05, 0.1) is 19.8 Å². The van der Waals surface area contributed by atoms with Crippen molar-refractivity contribution in [3.8, 4) is 0 Å². The number of rotatable bonds is 15. The van der Waals surface area contributed by atoms with Crippen LogP contribution in [0.3, 0.4) is 0 Å². The lowest BCUT2D eigenvalue weighted by Crippen LogP contribution is -2.60. The van der Waals surface area contributed by atoms with Gasteiger partial charge in [0.1, 0.15) is 37.5 Å². The minimum absolute atomic E-state index is 0.194. The summed E-state index contributed by atoms with van der Waals surface area (Å²) in [6.45, 7) is 7.42. The van der Waals surface area contributed by atoms with Gasteiger partial charge in [0.15, 0.2) is 17.3 Å². The number of alkyl carbamates (subject to hydrolysis) is 1. The molecule has 0 unspecified atom stereocenters. The third kappa shape index (κ3) is 16.0. The van der Waals surface area contributed by atoms with Crippen LogP contribution in [0.15, 0.2) is 0 Å². The molecule has 2 N–H and O–H groups in total. The topological polar surface area (TPSA) is 146 Å². The van der Waals surface area contributed by atoms with Crippen LogP contribution in [-0.4, -0.2) is 86.7 Å².